The maximum absolute atomic E-state index is 11.8. The molecule has 0 atom stereocenters. The fraction of sp³-hybridized carbons (Fsp3) is 0.300. The molecule has 0 unspecified atom stereocenters. The number of aromatic nitrogens is 3. The molecule has 0 aliphatic rings. The van der Waals surface area contributed by atoms with E-state index in [0.29, 0.717) is 5.76 Å². The van der Waals surface area contributed by atoms with E-state index in [1.165, 1.54) is 20.2 Å². The Morgan fingerprint density at radius 3 is 2.53 bits per heavy atom. The lowest BCUT2D eigenvalue weighted by Gasteiger charge is -2.05. The Balaban J connectivity index is 2.55. The molecule has 0 saturated carbocycles. The molecule has 0 aliphatic heterocycles. The molecule has 2 rings (SSSR count). The summed E-state index contributed by atoms with van der Waals surface area (Å²) in [5.74, 6) is 0.136. The number of hydrogen-bond donors (Lipinski definition) is 1. The van der Waals surface area contributed by atoms with Gasteiger partial charge in [0.15, 0.2) is 0 Å². The molecule has 9 heteroatoms. The predicted octanol–water partition coefficient (Wildman–Crippen LogP) is 0.501. The number of aromatic hydroxyl groups is 1. The second-order valence-corrected chi connectivity index (χ2v) is 3.87. The highest BCUT2D eigenvalue weighted by Crippen LogP contribution is 2.21. The summed E-state index contributed by atoms with van der Waals surface area (Å²) in [5, 5.41) is 20.6. The van der Waals surface area contributed by atoms with E-state index in [1.807, 2.05) is 0 Å². The van der Waals surface area contributed by atoms with Crippen LogP contribution in [0.5, 0.6) is 5.88 Å². The lowest BCUT2D eigenvalue weighted by atomic mass is 10.5. The second kappa shape index (κ2) is 4.52. The van der Waals surface area contributed by atoms with Crippen molar-refractivity contribution in [2.24, 2.45) is 24.3 Å². The standard InChI is InChI=1S/C10H11N5O4/c1-5-4-6(13-19-5)11-12-7-8(16)14(2)10(18)15(3)9(7)17/h4,16H,1-3H3. The van der Waals surface area contributed by atoms with Gasteiger partial charge in [0.05, 0.1) is 0 Å². The summed E-state index contributed by atoms with van der Waals surface area (Å²) in [7, 11) is 2.60. The van der Waals surface area contributed by atoms with E-state index in [0.717, 1.165) is 9.13 Å². The van der Waals surface area contributed by atoms with Gasteiger partial charge in [-0.1, -0.05) is 5.16 Å². The molecule has 0 spiro atoms. The molecule has 0 saturated heterocycles. The third kappa shape index (κ3) is 2.17. The third-order valence-corrected chi connectivity index (χ3v) is 2.48. The van der Waals surface area contributed by atoms with E-state index in [4.69, 9.17) is 4.52 Å². The molecule has 2 aromatic heterocycles. The molecule has 0 bridgehead atoms. The largest absolute Gasteiger partial charge is 0.493 e. The lowest BCUT2D eigenvalue weighted by molar-refractivity contribution is 0.398. The van der Waals surface area contributed by atoms with Crippen LogP contribution < -0.4 is 11.2 Å². The molecule has 2 heterocycles. The first-order chi connectivity index (χ1) is 8.91. The molecule has 1 N–H and O–H groups in total. The van der Waals surface area contributed by atoms with Crippen LogP contribution in [0.15, 0.2) is 30.4 Å². The van der Waals surface area contributed by atoms with Gasteiger partial charge in [0.1, 0.15) is 5.76 Å². The second-order valence-electron chi connectivity index (χ2n) is 3.87. The minimum Gasteiger partial charge on any atom is -0.493 e. The first kappa shape index (κ1) is 12.7. The van der Waals surface area contributed by atoms with Gasteiger partial charge in [-0.2, -0.15) is 0 Å². The smallest absolute Gasteiger partial charge is 0.333 e. The SMILES string of the molecule is Cc1cc(N=Nc2c(O)n(C)c(=O)n(C)c2=O)no1. The van der Waals surface area contributed by atoms with E-state index in [2.05, 4.69) is 15.4 Å². The number of aryl methyl sites for hydroxylation is 1. The predicted molar refractivity (Wildman–Crippen MR) is 64.0 cm³/mol. The van der Waals surface area contributed by atoms with Crippen molar-refractivity contribution in [1.82, 2.24) is 14.3 Å². The summed E-state index contributed by atoms with van der Waals surface area (Å²) < 4.78 is 6.49. The van der Waals surface area contributed by atoms with E-state index in [-0.39, 0.29) is 11.5 Å². The highest BCUT2D eigenvalue weighted by Gasteiger charge is 2.14. The highest BCUT2D eigenvalue weighted by molar-refractivity contribution is 5.44. The van der Waals surface area contributed by atoms with Crippen molar-refractivity contribution in [2.45, 2.75) is 6.92 Å². The molecule has 0 aliphatic carbocycles. The van der Waals surface area contributed by atoms with E-state index in [9.17, 15) is 14.7 Å². The first-order valence-electron chi connectivity index (χ1n) is 5.26. The molecule has 2 aromatic rings. The Kier molecular flexibility index (Phi) is 3.03. The first-order valence-corrected chi connectivity index (χ1v) is 5.26. The third-order valence-electron chi connectivity index (χ3n) is 2.48. The van der Waals surface area contributed by atoms with Crippen molar-refractivity contribution >= 4 is 11.5 Å². The topological polar surface area (TPSA) is 115 Å². The number of hydrogen-bond acceptors (Lipinski definition) is 7. The van der Waals surface area contributed by atoms with Crippen LogP contribution in [0, 0.1) is 6.92 Å². The van der Waals surface area contributed by atoms with Crippen LogP contribution in [0.3, 0.4) is 0 Å². The van der Waals surface area contributed by atoms with Crippen molar-refractivity contribution in [3.05, 3.63) is 32.7 Å². The molecular formula is C10H11N5O4. The Morgan fingerprint density at radius 1 is 1.26 bits per heavy atom. The van der Waals surface area contributed by atoms with Crippen LogP contribution in [0.4, 0.5) is 11.5 Å². The molecule has 9 nitrogen and oxygen atoms in total. The molecule has 0 radical (unpaired) electrons. The van der Waals surface area contributed by atoms with Gasteiger partial charge in [-0.05, 0) is 6.92 Å². The zero-order valence-corrected chi connectivity index (χ0v) is 10.5. The fourth-order valence-corrected chi connectivity index (χ4v) is 1.40. The normalized spacial score (nSPS) is 11.3. The maximum Gasteiger partial charge on any atom is 0.333 e. The molecule has 0 amide bonds. The Hall–Kier alpha value is -2.71. The number of nitrogens with zero attached hydrogens (tertiary/aromatic N) is 5. The Morgan fingerprint density at radius 2 is 1.95 bits per heavy atom. The average molecular weight is 265 g/mol. The number of azo groups is 1. The summed E-state index contributed by atoms with van der Waals surface area (Å²) in [4.78, 5) is 23.3. The average Bonchev–Trinajstić information content (AvgIpc) is 2.80. The zero-order valence-electron chi connectivity index (χ0n) is 10.5. The van der Waals surface area contributed by atoms with E-state index >= 15 is 0 Å². The van der Waals surface area contributed by atoms with Gasteiger partial charge in [0.25, 0.3) is 5.56 Å². The molecule has 19 heavy (non-hydrogen) atoms. The van der Waals surface area contributed by atoms with Crippen LogP contribution in [0.2, 0.25) is 0 Å². The molecule has 0 aromatic carbocycles. The van der Waals surface area contributed by atoms with E-state index in [1.54, 1.807) is 6.92 Å². The quantitative estimate of drug-likeness (QED) is 0.794. The van der Waals surface area contributed by atoms with Crippen LogP contribution >= 0.6 is 0 Å². The van der Waals surface area contributed by atoms with Crippen molar-refractivity contribution in [3.63, 3.8) is 0 Å². The fourth-order valence-electron chi connectivity index (χ4n) is 1.40. The van der Waals surface area contributed by atoms with Crippen molar-refractivity contribution in [3.8, 4) is 5.88 Å². The van der Waals surface area contributed by atoms with Crippen molar-refractivity contribution < 1.29 is 9.63 Å². The van der Waals surface area contributed by atoms with E-state index < -0.39 is 17.1 Å². The van der Waals surface area contributed by atoms with Gasteiger partial charge in [0, 0.05) is 20.2 Å². The van der Waals surface area contributed by atoms with Gasteiger partial charge >= 0.3 is 5.69 Å². The molecular weight excluding hydrogens is 254 g/mol. The Bertz CT molecular complexity index is 767. The van der Waals surface area contributed by atoms with Gasteiger partial charge in [-0.25, -0.2) is 4.79 Å². The van der Waals surface area contributed by atoms with Crippen LogP contribution in [-0.4, -0.2) is 19.4 Å². The summed E-state index contributed by atoms with van der Waals surface area (Å²) >= 11 is 0. The summed E-state index contributed by atoms with van der Waals surface area (Å²) in [5.41, 5.74) is -1.74. The van der Waals surface area contributed by atoms with Crippen LogP contribution in [0.25, 0.3) is 0 Å². The summed E-state index contributed by atoms with van der Waals surface area (Å²) in [6.45, 7) is 1.68. The monoisotopic (exact) mass is 265 g/mol. The van der Waals surface area contributed by atoms with Gasteiger partial charge in [0.2, 0.25) is 17.4 Å². The minimum absolute atomic E-state index is 0.160. The number of rotatable bonds is 2. The maximum atomic E-state index is 11.8. The summed E-state index contributed by atoms with van der Waals surface area (Å²) in [6.07, 6.45) is 0. The lowest BCUT2D eigenvalue weighted by Crippen LogP contribution is -2.36. The van der Waals surface area contributed by atoms with Crippen LogP contribution in [-0.2, 0) is 14.1 Å². The van der Waals surface area contributed by atoms with Crippen molar-refractivity contribution in [2.75, 3.05) is 0 Å². The minimum atomic E-state index is -0.746. The summed E-state index contributed by atoms with van der Waals surface area (Å²) in [6, 6.07) is 1.51. The van der Waals surface area contributed by atoms with Crippen LogP contribution in [0.1, 0.15) is 5.76 Å². The Labute approximate surface area is 106 Å². The zero-order chi connectivity index (χ0) is 14.2. The van der Waals surface area contributed by atoms with Gasteiger partial charge in [-0.15, -0.1) is 10.2 Å². The molecule has 0 fully saturated rings. The van der Waals surface area contributed by atoms with Gasteiger partial charge < -0.3 is 9.63 Å². The molecule has 100 valence electrons. The highest BCUT2D eigenvalue weighted by atomic mass is 16.5. The van der Waals surface area contributed by atoms with Gasteiger partial charge in [-0.3, -0.25) is 13.9 Å². The van der Waals surface area contributed by atoms with Crippen molar-refractivity contribution in [1.29, 1.82) is 0 Å².